The minimum atomic E-state index is -4.66. The number of hydrogen-bond donors (Lipinski definition) is 0. The van der Waals surface area contributed by atoms with Gasteiger partial charge in [0.1, 0.15) is 15.9 Å². The molecule has 0 aliphatic carbocycles. The highest BCUT2D eigenvalue weighted by molar-refractivity contribution is 7.86. The predicted octanol–water partition coefficient (Wildman–Crippen LogP) is -1.61. The lowest BCUT2D eigenvalue weighted by molar-refractivity contribution is -0.158. The van der Waals surface area contributed by atoms with Gasteiger partial charge in [0, 0.05) is 6.42 Å². The van der Waals surface area contributed by atoms with Gasteiger partial charge in [-0.2, -0.15) is 0 Å². The Balaban J connectivity index is 2.45. The molecule has 1 atom stereocenters. The summed E-state index contributed by atoms with van der Waals surface area (Å²) >= 11 is 0. The van der Waals surface area contributed by atoms with Gasteiger partial charge in [0.2, 0.25) is 6.10 Å². The van der Waals surface area contributed by atoms with E-state index in [0.29, 0.717) is 0 Å². The maximum atomic E-state index is 10.8. The lowest BCUT2D eigenvalue weighted by Gasteiger charge is -2.09. The minimum absolute atomic E-state index is 0.126. The van der Waals surface area contributed by atoms with Gasteiger partial charge in [-0.1, -0.05) is 0 Å². The molecule has 0 amide bonds. The van der Waals surface area contributed by atoms with Crippen molar-refractivity contribution in [2.45, 2.75) is 12.5 Å². The maximum Gasteiger partial charge on any atom is 0.347 e. The molecule has 1 heterocycles. The number of rotatable bonds is 3. The third kappa shape index (κ3) is 3.30. The molecule has 1 saturated heterocycles. The molecule has 0 radical (unpaired) electrons. The number of ether oxygens (including phenoxy) is 2. The standard InChI is InChI=1S/C6H8O7S/c7-5(3-14(9,10)11)13-4-1-2-12-6(4)8/h4H,1-3H2,(H,9,10,11)/p-1. The van der Waals surface area contributed by atoms with E-state index in [0.717, 1.165) is 0 Å². The highest BCUT2D eigenvalue weighted by Crippen LogP contribution is 2.10. The van der Waals surface area contributed by atoms with E-state index in [1.54, 1.807) is 0 Å². The molecule has 7 nitrogen and oxygen atoms in total. The fourth-order valence-electron chi connectivity index (χ4n) is 0.921. The molecule has 8 heteroatoms. The Hall–Kier alpha value is -1.15. The van der Waals surface area contributed by atoms with Crippen LogP contribution in [-0.4, -0.2) is 43.4 Å². The zero-order valence-electron chi connectivity index (χ0n) is 6.96. The largest absolute Gasteiger partial charge is 0.748 e. The Morgan fingerprint density at radius 1 is 1.64 bits per heavy atom. The summed E-state index contributed by atoms with van der Waals surface area (Å²) in [6.45, 7) is 0.126. The molecule has 1 rings (SSSR count). The molecular weight excluding hydrogens is 216 g/mol. The van der Waals surface area contributed by atoms with Crippen molar-refractivity contribution in [2.75, 3.05) is 12.4 Å². The number of cyclic esters (lactones) is 1. The van der Waals surface area contributed by atoms with Gasteiger partial charge >= 0.3 is 11.9 Å². The number of carbonyl (C=O) groups excluding carboxylic acids is 2. The molecule has 1 fully saturated rings. The number of hydrogen-bond acceptors (Lipinski definition) is 7. The first-order valence-corrected chi connectivity index (χ1v) is 5.26. The van der Waals surface area contributed by atoms with Crippen molar-refractivity contribution in [2.24, 2.45) is 0 Å². The van der Waals surface area contributed by atoms with Crippen LogP contribution in [-0.2, 0) is 29.2 Å². The molecule has 0 bridgehead atoms. The zero-order chi connectivity index (χ0) is 10.8. The van der Waals surface area contributed by atoms with Crippen molar-refractivity contribution in [1.82, 2.24) is 0 Å². The monoisotopic (exact) mass is 223 g/mol. The summed E-state index contributed by atoms with van der Waals surface area (Å²) in [5.74, 6) is -3.22. The summed E-state index contributed by atoms with van der Waals surface area (Å²) in [6, 6.07) is 0. The van der Waals surface area contributed by atoms with Gasteiger partial charge in [0.15, 0.2) is 0 Å². The van der Waals surface area contributed by atoms with Crippen molar-refractivity contribution >= 4 is 22.1 Å². The summed E-state index contributed by atoms with van der Waals surface area (Å²) in [4.78, 5) is 21.5. The van der Waals surface area contributed by atoms with Gasteiger partial charge < -0.3 is 14.0 Å². The quantitative estimate of drug-likeness (QED) is 0.418. The molecule has 0 aromatic heterocycles. The SMILES string of the molecule is O=C(CS(=O)(=O)[O-])OC1CCOC1=O. The predicted molar refractivity (Wildman–Crippen MR) is 40.0 cm³/mol. The number of esters is 2. The Morgan fingerprint density at radius 3 is 2.71 bits per heavy atom. The summed E-state index contributed by atoms with van der Waals surface area (Å²) in [5, 5.41) is 0. The van der Waals surface area contributed by atoms with Crippen molar-refractivity contribution < 1.29 is 32.0 Å². The number of carbonyl (C=O) groups is 2. The minimum Gasteiger partial charge on any atom is -0.748 e. The fourth-order valence-corrected chi connectivity index (χ4v) is 1.28. The van der Waals surface area contributed by atoms with Crippen LogP contribution in [0.2, 0.25) is 0 Å². The zero-order valence-corrected chi connectivity index (χ0v) is 7.78. The van der Waals surface area contributed by atoms with Crippen LogP contribution in [0.1, 0.15) is 6.42 Å². The average molecular weight is 223 g/mol. The molecule has 1 unspecified atom stereocenters. The van der Waals surface area contributed by atoms with E-state index >= 15 is 0 Å². The van der Waals surface area contributed by atoms with Crippen LogP contribution in [0.3, 0.4) is 0 Å². The maximum absolute atomic E-state index is 10.8. The van der Waals surface area contributed by atoms with Crippen LogP contribution in [0.4, 0.5) is 0 Å². The van der Waals surface area contributed by atoms with Gasteiger partial charge in [0.25, 0.3) is 0 Å². The molecule has 14 heavy (non-hydrogen) atoms. The van der Waals surface area contributed by atoms with Gasteiger partial charge in [-0.05, 0) is 0 Å². The molecule has 0 N–H and O–H groups in total. The van der Waals surface area contributed by atoms with Crippen LogP contribution in [0, 0.1) is 0 Å². The second-order valence-electron chi connectivity index (χ2n) is 2.64. The molecule has 0 spiro atoms. The van der Waals surface area contributed by atoms with Crippen LogP contribution < -0.4 is 0 Å². The fraction of sp³-hybridized carbons (Fsp3) is 0.667. The first-order chi connectivity index (χ1) is 6.38. The molecular formula is C6H7O7S-. The van der Waals surface area contributed by atoms with Gasteiger partial charge in [-0.25, -0.2) is 13.2 Å². The third-order valence-electron chi connectivity index (χ3n) is 1.46. The van der Waals surface area contributed by atoms with Crippen LogP contribution in [0.15, 0.2) is 0 Å². The molecule has 80 valence electrons. The second kappa shape index (κ2) is 3.93. The van der Waals surface area contributed by atoms with Crippen LogP contribution >= 0.6 is 0 Å². The van der Waals surface area contributed by atoms with Crippen molar-refractivity contribution in [3.05, 3.63) is 0 Å². The summed E-state index contributed by atoms with van der Waals surface area (Å²) < 4.78 is 39.2. The van der Waals surface area contributed by atoms with Gasteiger partial charge in [-0.15, -0.1) is 0 Å². The highest BCUT2D eigenvalue weighted by atomic mass is 32.2. The van der Waals surface area contributed by atoms with E-state index < -0.39 is 33.9 Å². The first-order valence-electron chi connectivity index (χ1n) is 3.68. The van der Waals surface area contributed by atoms with E-state index in [1.165, 1.54) is 0 Å². The van der Waals surface area contributed by atoms with E-state index in [2.05, 4.69) is 9.47 Å². The second-order valence-corrected chi connectivity index (χ2v) is 4.04. The Kier molecular flexibility index (Phi) is 3.06. The van der Waals surface area contributed by atoms with Gasteiger partial charge in [-0.3, -0.25) is 4.79 Å². The summed E-state index contributed by atoms with van der Waals surface area (Å²) in [7, 11) is -4.66. The molecule has 0 aromatic carbocycles. The molecule has 0 aromatic rings. The molecule has 0 saturated carbocycles. The first kappa shape index (κ1) is 10.9. The van der Waals surface area contributed by atoms with Crippen LogP contribution in [0.25, 0.3) is 0 Å². The summed E-state index contributed by atoms with van der Waals surface area (Å²) in [6.07, 6.45) is -0.895. The van der Waals surface area contributed by atoms with Crippen molar-refractivity contribution in [3.8, 4) is 0 Å². The molecule has 1 aliphatic rings. The Morgan fingerprint density at radius 2 is 2.29 bits per heavy atom. The lowest BCUT2D eigenvalue weighted by Crippen LogP contribution is -2.27. The van der Waals surface area contributed by atoms with E-state index in [4.69, 9.17) is 0 Å². The summed E-state index contributed by atoms with van der Waals surface area (Å²) in [5.41, 5.74) is 0. The average Bonchev–Trinajstić information content (AvgIpc) is 2.32. The Labute approximate surface area is 79.7 Å². The normalized spacial score (nSPS) is 21.8. The third-order valence-corrected chi connectivity index (χ3v) is 2.04. The topological polar surface area (TPSA) is 110 Å². The lowest BCUT2D eigenvalue weighted by atomic mass is 10.3. The van der Waals surface area contributed by atoms with Crippen LogP contribution in [0.5, 0.6) is 0 Å². The van der Waals surface area contributed by atoms with Gasteiger partial charge in [0.05, 0.1) is 6.61 Å². The highest BCUT2D eigenvalue weighted by Gasteiger charge is 2.30. The van der Waals surface area contributed by atoms with Crippen molar-refractivity contribution in [3.63, 3.8) is 0 Å². The van der Waals surface area contributed by atoms with E-state index in [-0.39, 0.29) is 13.0 Å². The smallest absolute Gasteiger partial charge is 0.347 e. The van der Waals surface area contributed by atoms with E-state index in [9.17, 15) is 22.6 Å². The van der Waals surface area contributed by atoms with E-state index in [1.807, 2.05) is 0 Å². The van der Waals surface area contributed by atoms with Crippen molar-refractivity contribution in [1.29, 1.82) is 0 Å². The Bertz CT molecular complexity index is 343. The molecule has 1 aliphatic heterocycles.